The molecule has 2 unspecified atom stereocenters. The van der Waals surface area contributed by atoms with Gasteiger partial charge in [-0.3, -0.25) is 0 Å². The topological polar surface area (TPSA) is 40.5 Å². The summed E-state index contributed by atoms with van der Waals surface area (Å²) < 4.78 is 2.61. The zero-order valence-electron chi connectivity index (χ0n) is 12.4. The molecule has 2 atom stereocenters. The predicted molar refractivity (Wildman–Crippen MR) is 92.8 cm³/mol. The number of hydrogen-bond donors (Lipinski definition) is 2. The molecule has 2 nitrogen and oxygen atoms in total. The lowest BCUT2D eigenvalue weighted by Crippen LogP contribution is -2.00. The van der Waals surface area contributed by atoms with Crippen molar-refractivity contribution in [1.29, 1.82) is 0 Å². The SMILES string of the molecule is CC(O)CCc1csc(Sc2cc(CCC(C)O)cs2)c1. The van der Waals surface area contributed by atoms with Crippen LogP contribution in [0.25, 0.3) is 0 Å². The van der Waals surface area contributed by atoms with E-state index in [1.165, 1.54) is 19.5 Å². The minimum absolute atomic E-state index is 0.227. The van der Waals surface area contributed by atoms with Crippen LogP contribution in [0.2, 0.25) is 0 Å². The zero-order chi connectivity index (χ0) is 15.2. The van der Waals surface area contributed by atoms with E-state index >= 15 is 0 Å². The highest BCUT2D eigenvalue weighted by molar-refractivity contribution is 8.02. The van der Waals surface area contributed by atoms with Crippen LogP contribution in [0, 0.1) is 0 Å². The maximum atomic E-state index is 9.33. The first kappa shape index (κ1) is 17.0. The maximum absolute atomic E-state index is 9.33. The molecule has 0 spiro atoms. The highest BCUT2D eigenvalue weighted by atomic mass is 32.2. The van der Waals surface area contributed by atoms with Gasteiger partial charge in [-0.2, -0.15) is 0 Å². The molecule has 0 saturated heterocycles. The van der Waals surface area contributed by atoms with Gasteiger partial charge in [-0.15, -0.1) is 22.7 Å². The molecular weight excluding hydrogens is 320 g/mol. The number of aliphatic hydroxyl groups excluding tert-OH is 2. The standard InChI is InChI=1S/C16H22O2S3/c1-11(17)3-5-13-7-15(19-9-13)21-16-8-14(10-20-16)6-4-12(2)18/h7-12,17-18H,3-6H2,1-2H3. The molecule has 5 heteroatoms. The molecule has 2 rings (SSSR count). The van der Waals surface area contributed by atoms with E-state index in [-0.39, 0.29) is 12.2 Å². The third-order valence-corrected chi connectivity index (χ3v) is 6.42. The third-order valence-electron chi connectivity index (χ3n) is 3.16. The molecule has 21 heavy (non-hydrogen) atoms. The van der Waals surface area contributed by atoms with Crippen LogP contribution in [0.4, 0.5) is 0 Å². The van der Waals surface area contributed by atoms with Crippen LogP contribution in [-0.2, 0) is 12.8 Å². The van der Waals surface area contributed by atoms with E-state index in [0.29, 0.717) is 0 Å². The molecule has 0 amide bonds. The first-order valence-corrected chi connectivity index (χ1v) is 9.79. The molecule has 0 saturated carbocycles. The number of aliphatic hydroxyl groups is 2. The summed E-state index contributed by atoms with van der Waals surface area (Å²) in [6, 6.07) is 4.46. The van der Waals surface area contributed by atoms with Crippen molar-refractivity contribution in [2.75, 3.05) is 0 Å². The Labute approximate surface area is 138 Å². The van der Waals surface area contributed by atoms with Crippen LogP contribution < -0.4 is 0 Å². The van der Waals surface area contributed by atoms with Gasteiger partial charge < -0.3 is 10.2 Å². The molecule has 0 bridgehead atoms. The van der Waals surface area contributed by atoms with Crippen LogP contribution in [0.1, 0.15) is 37.8 Å². The van der Waals surface area contributed by atoms with Crippen molar-refractivity contribution < 1.29 is 10.2 Å². The summed E-state index contributed by atoms with van der Waals surface area (Å²) in [5, 5.41) is 23.0. The van der Waals surface area contributed by atoms with Crippen molar-refractivity contribution in [3.05, 3.63) is 34.0 Å². The number of hydrogen-bond acceptors (Lipinski definition) is 5. The Hall–Kier alpha value is -0.330. The summed E-state index contributed by atoms with van der Waals surface area (Å²) in [6.07, 6.45) is 3.08. The largest absolute Gasteiger partial charge is 0.393 e. The smallest absolute Gasteiger partial charge is 0.0657 e. The molecular formula is C16H22O2S3. The van der Waals surface area contributed by atoms with Gasteiger partial charge in [-0.1, -0.05) is 11.8 Å². The van der Waals surface area contributed by atoms with Crippen molar-refractivity contribution in [2.45, 2.75) is 60.2 Å². The fourth-order valence-corrected chi connectivity index (χ4v) is 5.26. The Balaban J connectivity index is 1.87. The van der Waals surface area contributed by atoms with Gasteiger partial charge in [0.05, 0.1) is 20.6 Å². The van der Waals surface area contributed by atoms with E-state index < -0.39 is 0 Å². The van der Waals surface area contributed by atoms with Gasteiger partial charge in [0, 0.05) is 0 Å². The van der Waals surface area contributed by atoms with Gasteiger partial charge >= 0.3 is 0 Å². The lowest BCUT2D eigenvalue weighted by Gasteiger charge is -2.01. The summed E-state index contributed by atoms with van der Waals surface area (Å²) in [7, 11) is 0. The third kappa shape index (κ3) is 6.12. The van der Waals surface area contributed by atoms with E-state index in [2.05, 4.69) is 22.9 Å². The van der Waals surface area contributed by atoms with Gasteiger partial charge in [0.2, 0.25) is 0 Å². The number of aryl methyl sites for hydroxylation is 2. The van der Waals surface area contributed by atoms with Gasteiger partial charge in [0.25, 0.3) is 0 Å². The average molecular weight is 343 g/mol. The molecule has 0 radical (unpaired) electrons. The van der Waals surface area contributed by atoms with E-state index in [1.807, 2.05) is 25.6 Å². The molecule has 0 aliphatic heterocycles. The van der Waals surface area contributed by atoms with Crippen molar-refractivity contribution in [1.82, 2.24) is 0 Å². The first-order chi connectivity index (χ1) is 10.0. The fourth-order valence-electron chi connectivity index (χ4n) is 1.93. The Kier molecular flexibility index (Phi) is 6.76. The Morgan fingerprint density at radius 2 is 1.33 bits per heavy atom. The van der Waals surface area contributed by atoms with Crippen molar-refractivity contribution in [3.63, 3.8) is 0 Å². The molecule has 2 N–H and O–H groups in total. The highest BCUT2D eigenvalue weighted by Crippen LogP contribution is 2.37. The first-order valence-electron chi connectivity index (χ1n) is 7.21. The second-order valence-corrected chi connectivity index (χ2v) is 8.85. The second-order valence-electron chi connectivity index (χ2n) is 5.43. The highest BCUT2D eigenvalue weighted by Gasteiger charge is 2.07. The normalized spacial score (nSPS) is 14.3. The van der Waals surface area contributed by atoms with E-state index in [4.69, 9.17) is 0 Å². The average Bonchev–Trinajstić information content (AvgIpc) is 3.04. The molecule has 2 aromatic rings. The maximum Gasteiger partial charge on any atom is 0.0657 e. The van der Waals surface area contributed by atoms with Crippen LogP contribution >= 0.6 is 34.4 Å². The summed E-state index contributed by atoms with van der Waals surface area (Å²) in [4.78, 5) is 0. The lowest BCUT2D eigenvalue weighted by molar-refractivity contribution is 0.184. The van der Waals surface area contributed by atoms with Crippen LogP contribution in [0.5, 0.6) is 0 Å². The summed E-state index contributed by atoms with van der Waals surface area (Å²) >= 11 is 5.35. The Morgan fingerprint density at radius 3 is 1.71 bits per heavy atom. The minimum Gasteiger partial charge on any atom is -0.393 e. The zero-order valence-corrected chi connectivity index (χ0v) is 14.9. The van der Waals surface area contributed by atoms with Gasteiger partial charge in [0.1, 0.15) is 0 Å². The quantitative estimate of drug-likeness (QED) is 0.737. The molecule has 2 heterocycles. The summed E-state index contributed by atoms with van der Waals surface area (Å²) in [5.74, 6) is 0. The lowest BCUT2D eigenvalue weighted by atomic mass is 10.1. The predicted octanol–water partition coefficient (Wildman–Crippen LogP) is 4.59. The Bertz CT molecular complexity index is 495. The molecule has 116 valence electrons. The van der Waals surface area contributed by atoms with Crippen molar-refractivity contribution in [2.24, 2.45) is 0 Å². The van der Waals surface area contributed by atoms with Gasteiger partial charge in [-0.05, 0) is 73.6 Å². The molecule has 0 fully saturated rings. The summed E-state index contributed by atoms with van der Waals surface area (Å²) in [5.41, 5.74) is 2.63. The van der Waals surface area contributed by atoms with Crippen LogP contribution in [-0.4, -0.2) is 22.4 Å². The fraction of sp³-hybridized carbons (Fsp3) is 0.500. The summed E-state index contributed by atoms with van der Waals surface area (Å²) in [6.45, 7) is 3.67. The van der Waals surface area contributed by atoms with Crippen LogP contribution in [0.15, 0.2) is 31.3 Å². The number of thiophene rings is 2. The van der Waals surface area contributed by atoms with Gasteiger partial charge in [-0.25, -0.2) is 0 Å². The second kappa shape index (κ2) is 8.34. The van der Waals surface area contributed by atoms with Crippen LogP contribution in [0.3, 0.4) is 0 Å². The molecule has 0 aliphatic rings. The number of rotatable bonds is 8. The van der Waals surface area contributed by atoms with E-state index in [1.54, 1.807) is 22.7 Å². The van der Waals surface area contributed by atoms with Gasteiger partial charge in [0.15, 0.2) is 0 Å². The Morgan fingerprint density at radius 1 is 0.905 bits per heavy atom. The van der Waals surface area contributed by atoms with E-state index in [0.717, 1.165) is 25.7 Å². The van der Waals surface area contributed by atoms with Crippen molar-refractivity contribution >= 4 is 34.4 Å². The van der Waals surface area contributed by atoms with Crippen molar-refractivity contribution in [3.8, 4) is 0 Å². The molecule has 0 aliphatic carbocycles. The van der Waals surface area contributed by atoms with E-state index in [9.17, 15) is 10.2 Å². The molecule has 2 aromatic heterocycles. The monoisotopic (exact) mass is 342 g/mol. The minimum atomic E-state index is -0.227. The molecule has 0 aromatic carbocycles.